The Balaban J connectivity index is 1.83. The summed E-state index contributed by atoms with van der Waals surface area (Å²) < 4.78 is 1.95. The minimum atomic E-state index is 0.565. The number of rotatable bonds is 3. The molecule has 0 aliphatic carbocycles. The van der Waals surface area contributed by atoms with Gasteiger partial charge in [0, 0.05) is 35.1 Å². The van der Waals surface area contributed by atoms with Crippen molar-refractivity contribution in [2.24, 2.45) is 0 Å². The van der Waals surface area contributed by atoms with Crippen LogP contribution < -0.4 is 0 Å². The van der Waals surface area contributed by atoms with Gasteiger partial charge in [0.25, 0.3) is 0 Å². The highest BCUT2D eigenvalue weighted by Crippen LogP contribution is 2.23. The summed E-state index contributed by atoms with van der Waals surface area (Å²) in [7, 11) is 0. The maximum absolute atomic E-state index is 10.9. The molecular weight excluding hydrogens is 290 g/mol. The second-order valence-corrected chi connectivity index (χ2v) is 5.30. The van der Waals surface area contributed by atoms with Crippen LogP contribution in [0.4, 0.5) is 0 Å². The first kappa shape index (κ1) is 13.4. The lowest BCUT2D eigenvalue weighted by atomic mass is 10.2. The number of carbonyl (C=O) groups excluding carboxylic acids is 1. The lowest BCUT2D eigenvalue weighted by Gasteiger charge is -2.06. The third-order valence-electron chi connectivity index (χ3n) is 3.70. The van der Waals surface area contributed by atoms with Gasteiger partial charge in [-0.05, 0) is 25.1 Å². The highest BCUT2D eigenvalue weighted by Gasteiger charge is 2.08. The summed E-state index contributed by atoms with van der Waals surface area (Å²) in [5, 5.41) is 0.914. The van der Waals surface area contributed by atoms with Gasteiger partial charge in [-0.15, -0.1) is 0 Å². The monoisotopic (exact) mass is 303 g/mol. The minimum Gasteiger partial charge on any atom is -0.342 e. The first-order valence-electron chi connectivity index (χ1n) is 7.14. The highest BCUT2D eigenvalue weighted by atomic mass is 16.1. The van der Waals surface area contributed by atoms with Crippen LogP contribution in [0.25, 0.3) is 28.0 Å². The Hall–Kier alpha value is -3.28. The lowest BCUT2D eigenvalue weighted by Crippen LogP contribution is -1.96. The molecule has 0 spiro atoms. The van der Waals surface area contributed by atoms with E-state index in [1.807, 2.05) is 35.9 Å². The topological polar surface area (TPSA) is 76.5 Å². The second kappa shape index (κ2) is 5.17. The van der Waals surface area contributed by atoms with Gasteiger partial charge in [-0.25, -0.2) is 9.97 Å². The number of fused-ring (bicyclic) bond motifs is 1. The predicted molar refractivity (Wildman–Crippen MR) is 86.6 cm³/mol. The van der Waals surface area contributed by atoms with E-state index in [9.17, 15) is 4.79 Å². The number of aromatic nitrogens is 5. The van der Waals surface area contributed by atoms with Crippen LogP contribution in [0.2, 0.25) is 0 Å². The molecule has 23 heavy (non-hydrogen) atoms. The van der Waals surface area contributed by atoms with Gasteiger partial charge < -0.3 is 4.98 Å². The molecule has 0 unspecified atom stereocenters. The normalized spacial score (nSPS) is 11.0. The molecule has 0 saturated heterocycles. The first-order chi connectivity index (χ1) is 11.2. The van der Waals surface area contributed by atoms with Crippen LogP contribution in [0, 0.1) is 6.92 Å². The fourth-order valence-corrected chi connectivity index (χ4v) is 2.59. The molecule has 0 radical (unpaired) electrons. The van der Waals surface area contributed by atoms with E-state index in [0.29, 0.717) is 5.56 Å². The molecule has 4 rings (SSSR count). The summed E-state index contributed by atoms with van der Waals surface area (Å²) in [5.41, 5.74) is 4.13. The molecule has 4 aromatic heterocycles. The van der Waals surface area contributed by atoms with Crippen molar-refractivity contribution in [3.05, 3.63) is 60.6 Å². The average molecular weight is 303 g/mol. The van der Waals surface area contributed by atoms with E-state index in [-0.39, 0.29) is 0 Å². The van der Waals surface area contributed by atoms with Gasteiger partial charge >= 0.3 is 0 Å². The largest absolute Gasteiger partial charge is 0.342 e. The van der Waals surface area contributed by atoms with Crippen LogP contribution in [0.15, 0.2) is 49.2 Å². The van der Waals surface area contributed by atoms with Gasteiger partial charge in [-0.2, -0.15) is 0 Å². The molecule has 1 N–H and O–H groups in total. The Morgan fingerprint density at radius 2 is 2.04 bits per heavy atom. The zero-order valence-electron chi connectivity index (χ0n) is 12.4. The van der Waals surface area contributed by atoms with Gasteiger partial charge in [0.05, 0.1) is 23.8 Å². The van der Waals surface area contributed by atoms with Gasteiger partial charge in [0.15, 0.2) is 6.29 Å². The molecule has 0 aliphatic heterocycles. The molecule has 0 aliphatic rings. The zero-order valence-corrected chi connectivity index (χ0v) is 12.4. The number of aryl methyl sites for hydroxylation is 1. The Morgan fingerprint density at radius 1 is 1.13 bits per heavy atom. The van der Waals surface area contributed by atoms with Crippen molar-refractivity contribution in [2.75, 3.05) is 0 Å². The average Bonchev–Trinajstić information content (AvgIpc) is 3.20. The number of imidazole rings is 1. The molecule has 0 amide bonds. The molecule has 0 fully saturated rings. The number of nitrogens with one attached hydrogen (secondary N) is 1. The number of H-pyrrole nitrogens is 1. The van der Waals surface area contributed by atoms with Crippen LogP contribution >= 0.6 is 0 Å². The van der Waals surface area contributed by atoms with E-state index in [1.54, 1.807) is 24.8 Å². The van der Waals surface area contributed by atoms with Crippen molar-refractivity contribution in [1.29, 1.82) is 0 Å². The lowest BCUT2D eigenvalue weighted by molar-refractivity contribution is 0.112. The Morgan fingerprint density at radius 3 is 2.83 bits per heavy atom. The summed E-state index contributed by atoms with van der Waals surface area (Å²) in [6.45, 7) is 1.91. The number of hydrogen-bond donors (Lipinski definition) is 1. The van der Waals surface area contributed by atoms with Crippen molar-refractivity contribution in [3.63, 3.8) is 0 Å². The van der Waals surface area contributed by atoms with E-state index < -0.39 is 0 Å². The third-order valence-corrected chi connectivity index (χ3v) is 3.70. The van der Waals surface area contributed by atoms with Crippen molar-refractivity contribution in [3.8, 4) is 16.9 Å². The second-order valence-electron chi connectivity index (χ2n) is 5.30. The molecule has 112 valence electrons. The summed E-state index contributed by atoms with van der Waals surface area (Å²) in [4.78, 5) is 27.0. The van der Waals surface area contributed by atoms with E-state index in [2.05, 4.69) is 19.9 Å². The number of carbonyl (C=O) groups is 1. The van der Waals surface area contributed by atoms with Gasteiger partial charge in [0.1, 0.15) is 11.5 Å². The highest BCUT2D eigenvalue weighted by molar-refractivity contribution is 5.85. The fraction of sp³-hybridized carbons (Fsp3) is 0.0588. The number of aldehydes is 1. The zero-order chi connectivity index (χ0) is 15.8. The van der Waals surface area contributed by atoms with Gasteiger partial charge in [-0.1, -0.05) is 0 Å². The SMILES string of the molecule is Cc1ncc(-c2cncc(-n3ccc4cc(C=O)cnc43)c2)[nH]1. The van der Waals surface area contributed by atoms with E-state index >= 15 is 0 Å². The van der Waals surface area contributed by atoms with Gasteiger partial charge in [-0.3, -0.25) is 14.3 Å². The number of pyridine rings is 2. The standard InChI is InChI=1S/C17H13N5O/c1-11-19-9-16(21-11)14-5-15(8-18-7-14)22-3-2-13-4-12(10-23)6-20-17(13)22/h2-10H,1H3,(H,19,21). The van der Waals surface area contributed by atoms with Crippen molar-refractivity contribution in [2.45, 2.75) is 6.92 Å². The molecule has 6 nitrogen and oxygen atoms in total. The number of hydrogen-bond acceptors (Lipinski definition) is 4. The van der Waals surface area contributed by atoms with Crippen LogP contribution in [-0.4, -0.2) is 30.8 Å². The van der Waals surface area contributed by atoms with E-state index in [0.717, 1.165) is 40.1 Å². The van der Waals surface area contributed by atoms with Crippen molar-refractivity contribution < 1.29 is 4.79 Å². The fourth-order valence-electron chi connectivity index (χ4n) is 2.59. The molecule has 0 saturated carbocycles. The summed E-state index contributed by atoms with van der Waals surface area (Å²) >= 11 is 0. The smallest absolute Gasteiger partial charge is 0.151 e. The third kappa shape index (κ3) is 2.30. The van der Waals surface area contributed by atoms with Crippen LogP contribution in [0.3, 0.4) is 0 Å². The van der Waals surface area contributed by atoms with Crippen LogP contribution in [-0.2, 0) is 0 Å². The number of aromatic amines is 1. The molecule has 0 atom stereocenters. The quantitative estimate of drug-likeness (QED) is 0.590. The molecule has 4 aromatic rings. The van der Waals surface area contributed by atoms with Crippen LogP contribution in [0.1, 0.15) is 16.2 Å². The van der Waals surface area contributed by atoms with Gasteiger partial charge in [0.2, 0.25) is 0 Å². The summed E-state index contributed by atoms with van der Waals surface area (Å²) in [6, 6.07) is 5.78. The molecule has 0 bridgehead atoms. The van der Waals surface area contributed by atoms with Crippen molar-refractivity contribution >= 4 is 17.3 Å². The Bertz CT molecular complexity index is 1010. The maximum atomic E-state index is 10.9. The first-order valence-corrected chi connectivity index (χ1v) is 7.14. The Kier molecular flexibility index (Phi) is 3.01. The summed E-state index contributed by atoms with van der Waals surface area (Å²) in [6.07, 6.45) is 9.65. The van der Waals surface area contributed by atoms with E-state index in [4.69, 9.17) is 0 Å². The predicted octanol–water partition coefficient (Wildman–Crippen LogP) is 2.93. The van der Waals surface area contributed by atoms with Crippen LogP contribution in [0.5, 0.6) is 0 Å². The summed E-state index contributed by atoms with van der Waals surface area (Å²) in [5.74, 6) is 0.861. The molecule has 6 heteroatoms. The molecular formula is C17H13N5O. The van der Waals surface area contributed by atoms with Crippen molar-refractivity contribution in [1.82, 2.24) is 24.5 Å². The van der Waals surface area contributed by atoms with E-state index in [1.165, 1.54) is 0 Å². The Labute approximate surface area is 131 Å². The number of nitrogens with zero attached hydrogens (tertiary/aromatic N) is 4. The molecule has 4 heterocycles. The maximum Gasteiger partial charge on any atom is 0.151 e. The minimum absolute atomic E-state index is 0.565. The molecule has 0 aromatic carbocycles.